The van der Waals surface area contributed by atoms with Crippen LogP contribution < -0.4 is 5.32 Å². The highest BCUT2D eigenvalue weighted by molar-refractivity contribution is 6.08. The van der Waals surface area contributed by atoms with E-state index in [-0.39, 0.29) is 12.5 Å². The molecule has 0 unspecified atom stereocenters. The second-order valence-corrected chi connectivity index (χ2v) is 8.24. The monoisotopic (exact) mass is 442 g/mol. The highest BCUT2D eigenvalue weighted by Gasteiger charge is 2.40. The molecule has 5 rings (SSSR count). The number of nitrogens with one attached hydrogen (secondary N) is 1. The van der Waals surface area contributed by atoms with Crippen molar-refractivity contribution in [3.63, 3.8) is 0 Å². The zero-order chi connectivity index (χ0) is 22.9. The van der Waals surface area contributed by atoms with Crippen LogP contribution in [0.4, 0.5) is 0 Å². The van der Waals surface area contributed by atoms with Gasteiger partial charge in [0.15, 0.2) is 0 Å². The summed E-state index contributed by atoms with van der Waals surface area (Å²) in [6.07, 6.45) is 0.350. The number of amides is 2. The van der Waals surface area contributed by atoms with Gasteiger partial charge in [0, 0.05) is 28.8 Å². The van der Waals surface area contributed by atoms with Crippen LogP contribution in [-0.2, 0) is 9.59 Å². The van der Waals surface area contributed by atoms with Gasteiger partial charge in [-0.3, -0.25) is 9.59 Å². The summed E-state index contributed by atoms with van der Waals surface area (Å²) >= 11 is 0. The number of likely N-dealkylation sites (tertiary alicyclic amines) is 1. The number of benzene rings is 3. The van der Waals surface area contributed by atoms with Crippen LogP contribution in [0.2, 0.25) is 0 Å². The van der Waals surface area contributed by atoms with E-state index in [0.717, 1.165) is 21.9 Å². The molecule has 2 N–H and O–H groups in total. The molecule has 2 heterocycles. The van der Waals surface area contributed by atoms with E-state index in [0.29, 0.717) is 24.1 Å². The zero-order valence-corrected chi connectivity index (χ0v) is 17.7. The molecule has 0 bridgehead atoms. The number of carboxylic acids is 1. The molecule has 1 fully saturated rings. The van der Waals surface area contributed by atoms with Crippen molar-refractivity contribution in [2.24, 2.45) is 0 Å². The Bertz CT molecular complexity index is 1360. The first-order chi connectivity index (χ1) is 16.0. The Morgan fingerprint density at radius 2 is 1.67 bits per heavy atom. The largest absolute Gasteiger partial charge is 0.480 e. The molecule has 33 heavy (non-hydrogen) atoms. The summed E-state index contributed by atoms with van der Waals surface area (Å²) in [6, 6.07) is 21.4. The summed E-state index contributed by atoms with van der Waals surface area (Å²) in [6.45, 7) is 0.0386. The van der Waals surface area contributed by atoms with Crippen LogP contribution >= 0.6 is 0 Å². The van der Waals surface area contributed by atoms with Crippen molar-refractivity contribution in [1.82, 2.24) is 10.2 Å². The summed E-state index contributed by atoms with van der Waals surface area (Å²) < 4.78 is 5.79. The maximum atomic E-state index is 12.9. The fourth-order valence-corrected chi connectivity index (χ4v) is 4.54. The molecule has 2 atom stereocenters. The van der Waals surface area contributed by atoms with E-state index < -0.39 is 23.8 Å². The molecule has 7 heteroatoms. The lowest BCUT2D eigenvalue weighted by Gasteiger charge is -2.21. The Kier molecular flexibility index (Phi) is 5.30. The molecule has 0 radical (unpaired) electrons. The lowest BCUT2D eigenvalue weighted by atomic mass is 9.96. The molecule has 1 aliphatic rings. The van der Waals surface area contributed by atoms with Gasteiger partial charge < -0.3 is 19.7 Å². The predicted molar refractivity (Wildman–Crippen MR) is 123 cm³/mol. The van der Waals surface area contributed by atoms with E-state index in [1.54, 1.807) is 18.2 Å². The van der Waals surface area contributed by atoms with Gasteiger partial charge >= 0.3 is 5.97 Å². The average Bonchev–Trinajstić information content (AvgIpc) is 3.45. The molecule has 2 amide bonds. The first kappa shape index (κ1) is 20.8. The van der Waals surface area contributed by atoms with E-state index in [9.17, 15) is 19.5 Å². The molecule has 0 spiro atoms. The average molecular weight is 442 g/mol. The van der Waals surface area contributed by atoms with Gasteiger partial charge in [0.2, 0.25) is 5.91 Å². The SMILES string of the molecule is O=C(NCC(=O)N1C[C@H](c2ccccc2)C[C@H]1C(=O)O)c1ccc2oc3ccccc3c2c1. The van der Waals surface area contributed by atoms with Gasteiger partial charge in [-0.1, -0.05) is 48.5 Å². The quantitative estimate of drug-likeness (QED) is 0.490. The second-order valence-electron chi connectivity index (χ2n) is 8.24. The number of hydrogen-bond donors (Lipinski definition) is 2. The van der Waals surface area contributed by atoms with E-state index in [4.69, 9.17) is 4.42 Å². The Balaban J connectivity index is 1.29. The van der Waals surface area contributed by atoms with Crippen LogP contribution in [0, 0.1) is 0 Å². The van der Waals surface area contributed by atoms with Crippen molar-refractivity contribution in [2.45, 2.75) is 18.4 Å². The van der Waals surface area contributed by atoms with Crippen LogP contribution in [0.1, 0.15) is 28.3 Å². The first-order valence-electron chi connectivity index (χ1n) is 10.8. The molecule has 1 aliphatic heterocycles. The van der Waals surface area contributed by atoms with Crippen LogP contribution in [-0.4, -0.2) is 46.9 Å². The number of furan rings is 1. The lowest BCUT2D eigenvalue weighted by Crippen LogP contribution is -2.45. The highest BCUT2D eigenvalue weighted by Crippen LogP contribution is 2.32. The lowest BCUT2D eigenvalue weighted by molar-refractivity contribution is -0.147. The summed E-state index contributed by atoms with van der Waals surface area (Å²) in [7, 11) is 0. The minimum absolute atomic E-state index is 0.0521. The van der Waals surface area contributed by atoms with Gasteiger partial charge in [-0.2, -0.15) is 0 Å². The topological polar surface area (TPSA) is 99.9 Å². The molecule has 1 saturated heterocycles. The number of nitrogens with zero attached hydrogens (tertiary/aromatic N) is 1. The van der Waals surface area contributed by atoms with Crippen molar-refractivity contribution in [3.8, 4) is 0 Å². The molecular formula is C26H22N2O5. The van der Waals surface area contributed by atoms with Crippen molar-refractivity contribution in [1.29, 1.82) is 0 Å². The minimum atomic E-state index is -1.04. The number of para-hydroxylation sites is 1. The highest BCUT2D eigenvalue weighted by atomic mass is 16.4. The molecule has 7 nitrogen and oxygen atoms in total. The van der Waals surface area contributed by atoms with Crippen LogP contribution in [0.3, 0.4) is 0 Å². The number of hydrogen-bond acceptors (Lipinski definition) is 4. The summed E-state index contributed by atoms with van der Waals surface area (Å²) in [4.78, 5) is 38.7. The summed E-state index contributed by atoms with van der Waals surface area (Å²) in [5, 5.41) is 14.0. The molecule has 166 valence electrons. The molecule has 4 aromatic rings. The molecule has 1 aromatic heterocycles. The number of fused-ring (bicyclic) bond motifs is 3. The van der Waals surface area contributed by atoms with Crippen molar-refractivity contribution in [3.05, 3.63) is 83.9 Å². The van der Waals surface area contributed by atoms with Gasteiger partial charge in [-0.05, 0) is 36.2 Å². The number of carboxylic acid groups (broad SMARTS) is 1. The number of carbonyl (C=O) groups is 3. The molecule has 0 aliphatic carbocycles. The fourth-order valence-electron chi connectivity index (χ4n) is 4.54. The fraction of sp³-hybridized carbons (Fsp3) is 0.192. The Morgan fingerprint density at radius 3 is 2.45 bits per heavy atom. The standard InChI is InChI=1S/C26H22N2O5/c29-24(28-15-18(13-21(28)26(31)32)16-6-2-1-3-7-16)14-27-25(30)17-10-11-23-20(12-17)19-8-4-5-9-22(19)33-23/h1-12,18,21H,13-15H2,(H,27,30)(H,31,32)/t18-,21+/m1/s1. The van der Waals surface area contributed by atoms with Gasteiger partial charge in [-0.25, -0.2) is 4.79 Å². The van der Waals surface area contributed by atoms with Gasteiger partial charge in [-0.15, -0.1) is 0 Å². The van der Waals surface area contributed by atoms with Gasteiger partial charge in [0.05, 0.1) is 6.54 Å². The molecule has 3 aromatic carbocycles. The van der Waals surface area contributed by atoms with E-state index >= 15 is 0 Å². The summed E-state index contributed by atoms with van der Waals surface area (Å²) in [5.74, 6) is -1.90. The maximum absolute atomic E-state index is 12.9. The number of carbonyl (C=O) groups excluding carboxylic acids is 2. The normalized spacial score (nSPS) is 18.0. The van der Waals surface area contributed by atoms with Gasteiger partial charge in [0.1, 0.15) is 17.2 Å². The minimum Gasteiger partial charge on any atom is -0.480 e. The van der Waals surface area contributed by atoms with Gasteiger partial charge in [0.25, 0.3) is 5.91 Å². The van der Waals surface area contributed by atoms with Crippen molar-refractivity contribution in [2.75, 3.05) is 13.1 Å². The third kappa shape index (κ3) is 3.93. The van der Waals surface area contributed by atoms with E-state index in [2.05, 4.69) is 5.32 Å². The van der Waals surface area contributed by atoms with Crippen LogP contribution in [0.25, 0.3) is 21.9 Å². The van der Waals surface area contributed by atoms with Crippen LogP contribution in [0.5, 0.6) is 0 Å². The number of aliphatic carboxylic acids is 1. The third-order valence-electron chi connectivity index (χ3n) is 6.22. The summed E-state index contributed by atoms with van der Waals surface area (Å²) in [5.41, 5.74) is 2.82. The Morgan fingerprint density at radius 1 is 0.939 bits per heavy atom. The van der Waals surface area contributed by atoms with Crippen molar-refractivity contribution >= 4 is 39.7 Å². The van der Waals surface area contributed by atoms with Crippen molar-refractivity contribution < 1.29 is 23.9 Å². The third-order valence-corrected chi connectivity index (χ3v) is 6.22. The Hall–Kier alpha value is -4.13. The predicted octanol–water partition coefficient (Wildman–Crippen LogP) is 3.79. The number of rotatable bonds is 5. The Labute approximate surface area is 189 Å². The molecular weight excluding hydrogens is 420 g/mol. The van der Waals surface area contributed by atoms with E-state index in [1.807, 2.05) is 54.6 Å². The van der Waals surface area contributed by atoms with E-state index in [1.165, 1.54) is 4.90 Å². The maximum Gasteiger partial charge on any atom is 0.326 e. The first-order valence-corrected chi connectivity index (χ1v) is 10.8. The molecule has 0 saturated carbocycles. The van der Waals surface area contributed by atoms with Crippen LogP contribution in [0.15, 0.2) is 77.2 Å². The zero-order valence-electron chi connectivity index (χ0n) is 17.7. The second kappa shape index (κ2) is 8.43. The smallest absolute Gasteiger partial charge is 0.326 e.